The Morgan fingerprint density at radius 3 is 3.00 bits per heavy atom. The largest absolute Gasteiger partial charge is 0.392 e. The second-order valence-corrected chi connectivity index (χ2v) is 4.71. The molecule has 104 valence electrons. The molecule has 5 nitrogen and oxygen atoms in total. The first kappa shape index (κ1) is 12.9. The van der Waals surface area contributed by atoms with E-state index in [1.54, 1.807) is 7.11 Å². The molecule has 0 unspecified atom stereocenters. The molecule has 0 radical (unpaired) electrons. The monoisotopic (exact) mass is 272 g/mol. The molecule has 0 saturated carbocycles. The molecule has 0 bridgehead atoms. The summed E-state index contributed by atoms with van der Waals surface area (Å²) >= 11 is 0. The molecule has 3 rings (SSSR count). The molecule has 0 atom stereocenters. The van der Waals surface area contributed by atoms with Crippen molar-refractivity contribution in [1.82, 2.24) is 9.72 Å². The lowest BCUT2D eigenvalue weighted by molar-refractivity contribution is 0.155. The van der Waals surface area contributed by atoms with E-state index in [4.69, 9.17) is 9.26 Å². The first-order valence-electron chi connectivity index (χ1n) is 6.42. The van der Waals surface area contributed by atoms with Gasteiger partial charge < -0.3 is 18.9 Å². The van der Waals surface area contributed by atoms with Crippen molar-refractivity contribution in [1.29, 1.82) is 0 Å². The molecule has 5 heteroatoms. The Hall–Kier alpha value is -2.11. The fraction of sp³-hybridized carbons (Fsp3) is 0.267. The lowest BCUT2D eigenvalue weighted by Gasteiger charge is -2.03. The van der Waals surface area contributed by atoms with Crippen molar-refractivity contribution in [3.63, 3.8) is 0 Å². The maximum Gasteiger partial charge on any atom is 0.162 e. The molecule has 1 aromatic carbocycles. The Balaban J connectivity index is 1.89. The molecular weight excluding hydrogens is 256 g/mol. The SMILES string of the molecule is COCc1cc(Cn2ccc3ccc(CO)cc32)no1. The quantitative estimate of drug-likeness (QED) is 0.774. The van der Waals surface area contributed by atoms with Crippen LogP contribution in [-0.4, -0.2) is 21.9 Å². The molecule has 0 spiro atoms. The first-order valence-corrected chi connectivity index (χ1v) is 6.42. The van der Waals surface area contributed by atoms with Crippen LogP contribution in [0.25, 0.3) is 10.9 Å². The average molecular weight is 272 g/mol. The summed E-state index contributed by atoms with van der Waals surface area (Å²) in [5.41, 5.74) is 2.83. The van der Waals surface area contributed by atoms with Gasteiger partial charge in [0.25, 0.3) is 0 Å². The standard InChI is InChI=1S/C15H16N2O3/c1-19-10-14-7-13(16-20-14)8-17-5-4-12-3-2-11(9-18)6-15(12)17/h2-7,18H,8-10H2,1H3. The van der Waals surface area contributed by atoms with Crippen LogP contribution in [0.15, 0.2) is 41.1 Å². The Kier molecular flexibility index (Phi) is 3.54. The van der Waals surface area contributed by atoms with E-state index in [-0.39, 0.29) is 6.61 Å². The van der Waals surface area contributed by atoms with Crippen molar-refractivity contribution in [2.45, 2.75) is 19.8 Å². The molecule has 0 aliphatic heterocycles. The number of ether oxygens (including phenoxy) is 1. The Labute approximate surface area is 116 Å². The van der Waals surface area contributed by atoms with Crippen LogP contribution in [0.4, 0.5) is 0 Å². The third-order valence-corrected chi connectivity index (χ3v) is 3.25. The van der Waals surface area contributed by atoms with Gasteiger partial charge in [0.05, 0.1) is 13.2 Å². The van der Waals surface area contributed by atoms with Crippen LogP contribution in [0.5, 0.6) is 0 Å². The van der Waals surface area contributed by atoms with E-state index in [1.165, 1.54) is 0 Å². The Bertz CT molecular complexity index is 715. The van der Waals surface area contributed by atoms with Gasteiger partial charge in [-0.1, -0.05) is 17.3 Å². The van der Waals surface area contributed by atoms with Gasteiger partial charge in [0.15, 0.2) is 5.76 Å². The van der Waals surface area contributed by atoms with Gasteiger partial charge in [0, 0.05) is 24.9 Å². The lowest BCUT2D eigenvalue weighted by atomic mass is 10.2. The maximum atomic E-state index is 9.23. The van der Waals surface area contributed by atoms with Gasteiger partial charge in [-0.3, -0.25) is 0 Å². The summed E-state index contributed by atoms with van der Waals surface area (Å²) in [7, 11) is 1.62. The topological polar surface area (TPSA) is 60.4 Å². The zero-order chi connectivity index (χ0) is 13.9. The Morgan fingerprint density at radius 2 is 2.20 bits per heavy atom. The predicted octanol–water partition coefficient (Wildman–Crippen LogP) is 2.32. The molecule has 20 heavy (non-hydrogen) atoms. The summed E-state index contributed by atoms with van der Waals surface area (Å²) in [6.45, 7) is 1.10. The number of benzene rings is 1. The highest BCUT2D eigenvalue weighted by molar-refractivity contribution is 5.80. The molecule has 2 aromatic heterocycles. The number of hydrogen-bond donors (Lipinski definition) is 1. The highest BCUT2D eigenvalue weighted by Gasteiger charge is 2.07. The summed E-state index contributed by atoms with van der Waals surface area (Å²) in [4.78, 5) is 0. The molecule has 2 heterocycles. The molecule has 0 aliphatic carbocycles. The smallest absolute Gasteiger partial charge is 0.162 e. The third kappa shape index (κ3) is 2.45. The summed E-state index contributed by atoms with van der Waals surface area (Å²) in [6, 6.07) is 9.87. The fourth-order valence-corrected chi connectivity index (χ4v) is 2.28. The number of aliphatic hydroxyl groups excluding tert-OH is 1. The lowest BCUT2D eigenvalue weighted by Crippen LogP contribution is -1.98. The van der Waals surface area contributed by atoms with Gasteiger partial charge in [-0.05, 0) is 23.1 Å². The zero-order valence-corrected chi connectivity index (χ0v) is 11.2. The van der Waals surface area contributed by atoms with E-state index in [0.29, 0.717) is 13.2 Å². The van der Waals surface area contributed by atoms with Crippen molar-refractivity contribution in [3.05, 3.63) is 53.5 Å². The molecule has 0 amide bonds. The maximum absolute atomic E-state index is 9.23. The van der Waals surface area contributed by atoms with Gasteiger partial charge in [-0.2, -0.15) is 0 Å². The van der Waals surface area contributed by atoms with Gasteiger partial charge in [0.1, 0.15) is 12.3 Å². The summed E-state index contributed by atoms with van der Waals surface area (Å²) in [5.74, 6) is 0.718. The van der Waals surface area contributed by atoms with Crippen LogP contribution >= 0.6 is 0 Å². The highest BCUT2D eigenvalue weighted by Crippen LogP contribution is 2.19. The fourth-order valence-electron chi connectivity index (χ4n) is 2.28. The number of aromatic nitrogens is 2. The van der Waals surface area contributed by atoms with E-state index in [2.05, 4.69) is 9.72 Å². The van der Waals surface area contributed by atoms with Crippen LogP contribution in [0, 0.1) is 0 Å². The average Bonchev–Trinajstić information content (AvgIpc) is 3.07. The molecule has 1 N–H and O–H groups in total. The van der Waals surface area contributed by atoms with Gasteiger partial charge >= 0.3 is 0 Å². The number of nitrogens with zero attached hydrogens (tertiary/aromatic N) is 2. The van der Waals surface area contributed by atoms with E-state index >= 15 is 0 Å². The first-order chi connectivity index (χ1) is 9.80. The van der Waals surface area contributed by atoms with E-state index in [9.17, 15) is 5.11 Å². The minimum atomic E-state index is 0.0447. The minimum Gasteiger partial charge on any atom is -0.392 e. The van der Waals surface area contributed by atoms with E-state index in [0.717, 1.165) is 27.9 Å². The predicted molar refractivity (Wildman–Crippen MR) is 74.2 cm³/mol. The second kappa shape index (κ2) is 5.48. The van der Waals surface area contributed by atoms with E-state index < -0.39 is 0 Å². The third-order valence-electron chi connectivity index (χ3n) is 3.25. The van der Waals surface area contributed by atoms with Gasteiger partial charge in [-0.25, -0.2) is 0 Å². The van der Waals surface area contributed by atoms with E-state index in [1.807, 2.05) is 36.5 Å². The summed E-state index contributed by atoms with van der Waals surface area (Å²) < 4.78 is 12.3. The van der Waals surface area contributed by atoms with Gasteiger partial charge in [-0.15, -0.1) is 0 Å². The van der Waals surface area contributed by atoms with Crippen LogP contribution in [0.2, 0.25) is 0 Å². The van der Waals surface area contributed by atoms with Crippen molar-refractivity contribution >= 4 is 10.9 Å². The molecular formula is C15H16N2O3. The summed E-state index contributed by atoms with van der Waals surface area (Å²) in [5, 5.41) is 14.4. The number of rotatable bonds is 5. The number of hydrogen-bond acceptors (Lipinski definition) is 4. The van der Waals surface area contributed by atoms with Crippen LogP contribution < -0.4 is 0 Å². The van der Waals surface area contributed by atoms with Crippen LogP contribution in [-0.2, 0) is 24.5 Å². The molecule has 0 aliphatic rings. The number of fused-ring (bicyclic) bond motifs is 1. The van der Waals surface area contributed by atoms with Crippen molar-refractivity contribution in [2.75, 3.05) is 7.11 Å². The molecule has 3 aromatic rings. The van der Waals surface area contributed by atoms with Crippen molar-refractivity contribution in [2.24, 2.45) is 0 Å². The van der Waals surface area contributed by atoms with Gasteiger partial charge in [0.2, 0.25) is 0 Å². The van der Waals surface area contributed by atoms with Crippen LogP contribution in [0.1, 0.15) is 17.0 Å². The summed E-state index contributed by atoms with van der Waals surface area (Å²) in [6.07, 6.45) is 2.01. The minimum absolute atomic E-state index is 0.0447. The molecule has 0 saturated heterocycles. The zero-order valence-electron chi connectivity index (χ0n) is 11.2. The number of methoxy groups -OCH3 is 1. The normalized spacial score (nSPS) is 11.3. The van der Waals surface area contributed by atoms with Crippen LogP contribution in [0.3, 0.4) is 0 Å². The number of aliphatic hydroxyl groups is 1. The Morgan fingerprint density at radius 1 is 1.30 bits per heavy atom. The second-order valence-electron chi connectivity index (χ2n) is 4.71. The highest BCUT2D eigenvalue weighted by atomic mass is 16.5. The van der Waals surface area contributed by atoms with Crippen molar-refractivity contribution in [3.8, 4) is 0 Å². The molecule has 0 fully saturated rings. The van der Waals surface area contributed by atoms with Crippen molar-refractivity contribution < 1.29 is 14.4 Å².